The third kappa shape index (κ3) is 4.78. The molecule has 0 unspecified atom stereocenters. The van der Waals surface area contributed by atoms with Gasteiger partial charge in [-0.3, -0.25) is 9.59 Å². The van der Waals surface area contributed by atoms with Gasteiger partial charge in [-0.25, -0.2) is 0 Å². The number of thioether (sulfide) groups is 1. The summed E-state index contributed by atoms with van der Waals surface area (Å²) in [5.74, 6) is 0.881. The van der Waals surface area contributed by atoms with Crippen molar-refractivity contribution in [3.05, 3.63) is 24.3 Å². The van der Waals surface area contributed by atoms with Crippen molar-refractivity contribution < 1.29 is 14.3 Å². The number of nitrogens with zero attached hydrogens (tertiary/aromatic N) is 3. The molecule has 0 saturated carbocycles. The molecule has 3 rings (SSSR count). The number of carbonyl (C=O) groups excluding carboxylic acids is 2. The van der Waals surface area contributed by atoms with E-state index in [2.05, 4.69) is 22.4 Å². The number of amides is 2. The van der Waals surface area contributed by atoms with Crippen LogP contribution in [0, 0.1) is 5.92 Å². The second-order valence-corrected chi connectivity index (χ2v) is 8.46. The lowest BCUT2D eigenvalue weighted by Gasteiger charge is -2.19. The Hall–Kier alpha value is -2.13. The number of rotatable bonds is 8. The molecule has 1 N–H and O–H groups in total. The van der Waals surface area contributed by atoms with E-state index in [1.807, 2.05) is 18.2 Å². The van der Waals surface area contributed by atoms with E-state index in [-0.39, 0.29) is 18.2 Å². The number of benzene rings is 1. The van der Waals surface area contributed by atoms with Gasteiger partial charge in [0.15, 0.2) is 4.34 Å². The van der Waals surface area contributed by atoms with Gasteiger partial charge in [-0.15, -0.1) is 10.2 Å². The van der Waals surface area contributed by atoms with E-state index >= 15 is 0 Å². The maximum atomic E-state index is 12.6. The summed E-state index contributed by atoms with van der Waals surface area (Å²) in [6.07, 6.45) is 2.42. The first-order valence-electron chi connectivity index (χ1n) is 8.83. The highest BCUT2D eigenvalue weighted by Crippen LogP contribution is 2.33. The Morgan fingerprint density at radius 3 is 3.00 bits per heavy atom. The Labute approximate surface area is 166 Å². The van der Waals surface area contributed by atoms with Crippen LogP contribution < -0.4 is 15.0 Å². The highest BCUT2D eigenvalue weighted by atomic mass is 32.2. The molecule has 9 heteroatoms. The van der Waals surface area contributed by atoms with Gasteiger partial charge >= 0.3 is 0 Å². The molecular weight excluding hydrogens is 384 g/mol. The molecule has 2 heterocycles. The Morgan fingerprint density at radius 1 is 1.41 bits per heavy atom. The van der Waals surface area contributed by atoms with Crippen molar-refractivity contribution in [3.8, 4) is 5.75 Å². The Morgan fingerprint density at radius 2 is 2.22 bits per heavy atom. The first kappa shape index (κ1) is 19.6. The van der Waals surface area contributed by atoms with Crippen LogP contribution in [0.4, 0.5) is 10.8 Å². The zero-order valence-electron chi connectivity index (χ0n) is 15.3. The summed E-state index contributed by atoms with van der Waals surface area (Å²) in [4.78, 5) is 26.6. The number of aromatic nitrogens is 2. The third-order valence-electron chi connectivity index (χ3n) is 4.23. The minimum Gasteiger partial charge on any atom is -0.495 e. The zero-order chi connectivity index (χ0) is 19.2. The number of methoxy groups -OCH3 is 1. The fraction of sp³-hybridized carbons (Fsp3) is 0.444. The smallest absolute Gasteiger partial charge is 0.231 e. The average Bonchev–Trinajstić information content (AvgIpc) is 3.28. The first-order valence-corrected chi connectivity index (χ1v) is 10.6. The molecule has 144 valence electrons. The molecule has 1 aromatic heterocycles. The van der Waals surface area contributed by atoms with Crippen molar-refractivity contribution in [3.63, 3.8) is 0 Å². The van der Waals surface area contributed by atoms with Crippen LogP contribution in [0.2, 0.25) is 0 Å². The summed E-state index contributed by atoms with van der Waals surface area (Å²) in [5.41, 5.74) is 0.686. The number of unbranched alkanes of at least 4 members (excludes halogenated alkanes) is 1. The minimum absolute atomic E-state index is 0.0901. The topological polar surface area (TPSA) is 84.4 Å². The molecular formula is C18H22N4O3S2. The van der Waals surface area contributed by atoms with E-state index < -0.39 is 5.92 Å². The van der Waals surface area contributed by atoms with Crippen LogP contribution in [0.1, 0.15) is 26.2 Å². The molecule has 0 bridgehead atoms. The summed E-state index contributed by atoms with van der Waals surface area (Å²) < 4.78 is 6.17. The molecule has 1 fully saturated rings. The lowest BCUT2D eigenvalue weighted by atomic mass is 10.1. The van der Waals surface area contributed by atoms with Gasteiger partial charge in [-0.1, -0.05) is 48.6 Å². The van der Waals surface area contributed by atoms with E-state index in [1.54, 1.807) is 29.8 Å². The lowest BCUT2D eigenvalue weighted by molar-refractivity contribution is -0.122. The van der Waals surface area contributed by atoms with Crippen LogP contribution in [0.3, 0.4) is 0 Å². The van der Waals surface area contributed by atoms with E-state index in [0.717, 1.165) is 22.9 Å². The maximum absolute atomic E-state index is 12.6. The second kappa shape index (κ2) is 9.18. The Balaban J connectivity index is 1.61. The van der Waals surface area contributed by atoms with Crippen molar-refractivity contribution in [2.75, 3.05) is 29.6 Å². The van der Waals surface area contributed by atoms with Crippen molar-refractivity contribution in [2.24, 2.45) is 5.92 Å². The normalized spacial score (nSPS) is 16.6. The molecule has 0 radical (unpaired) electrons. The lowest BCUT2D eigenvalue weighted by Crippen LogP contribution is -2.28. The number of hydrogen-bond donors (Lipinski definition) is 1. The van der Waals surface area contributed by atoms with Crippen LogP contribution in [0.5, 0.6) is 5.75 Å². The fourth-order valence-corrected chi connectivity index (χ4v) is 4.71. The Kier molecular flexibility index (Phi) is 6.68. The molecule has 1 aliphatic heterocycles. The van der Waals surface area contributed by atoms with Gasteiger partial charge in [0, 0.05) is 18.7 Å². The minimum atomic E-state index is -0.428. The third-order valence-corrected chi connectivity index (χ3v) is 6.29. The SMILES string of the molecule is CCCCSc1nnc(NC(=O)[C@@H]2CC(=O)N(c3ccccc3OC)C2)s1. The standard InChI is InChI=1S/C18H22N4O3S2/c1-3-4-9-26-18-21-20-17(27-18)19-16(24)12-10-15(23)22(11-12)13-7-5-6-8-14(13)25-2/h5-8,12H,3-4,9-11H2,1-2H3,(H,19,20,24)/t12-/m1/s1. The van der Waals surface area contributed by atoms with Crippen LogP contribution >= 0.6 is 23.1 Å². The Bertz CT molecular complexity index is 811. The monoisotopic (exact) mass is 406 g/mol. The van der Waals surface area contributed by atoms with Crippen molar-refractivity contribution >= 4 is 45.7 Å². The molecule has 2 aromatic rings. The van der Waals surface area contributed by atoms with Gasteiger partial charge in [0.05, 0.1) is 18.7 Å². The number of carbonyl (C=O) groups is 2. The number of ether oxygens (including phenoxy) is 1. The highest BCUT2D eigenvalue weighted by Gasteiger charge is 2.36. The number of anilines is 2. The van der Waals surface area contributed by atoms with Crippen molar-refractivity contribution in [1.82, 2.24) is 10.2 Å². The summed E-state index contributed by atoms with van der Waals surface area (Å²) in [5, 5.41) is 11.4. The zero-order valence-corrected chi connectivity index (χ0v) is 16.9. The van der Waals surface area contributed by atoms with Gasteiger partial charge < -0.3 is 15.0 Å². The molecule has 1 atom stereocenters. The second-order valence-electron chi connectivity index (χ2n) is 6.14. The predicted octanol–water partition coefficient (Wildman–Crippen LogP) is 3.43. The molecule has 1 aliphatic rings. The molecule has 7 nitrogen and oxygen atoms in total. The molecule has 0 spiro atoms. The van der Waals surface area contributed by atoms with Crippen LogP contribution in [0.15, 0.2) is 28.6 Å². The summed E-state index contributed by atoms with van der Waals surface area (Å²) in [7, 11) is 1.56. The summed E-state index contributed by atoms with van der Waals surface area (Å²) in [6, 6.07) is 7.31. The predicted molar refractivity (Wildman–Crippen MR) is 108 cm³/mol. The molecule has 1 saturated heterocycles. The van der Waals surface area contributed by atoms with Gasteiger partial charge in [0.1, 0.15) is 5.75 Å². The largest absolute Gasteiger partial charge is 0.495 e. The van der Waals surface area contributed by atoms with E-state index in [4.69, 9.17) is 4.74 Å². The molecule has 2 amide bonds. The molecule has 27 heavy (non-hydrogen) atoms. The number of hydrogen-bond acceptors (Lipinski definition) is 7. The summed E-state index contributed by atoms with van der Waals surface area (Å²) >= 11 is 3.01. The quantitative estimate of drug-likeness (QED) is 0.411. The molecule has 0 aliphatic carbocycles. The highest BCUT2D eigenvalue weighted by molar-refractivity contribution is 8.01. The molecule has 1 aromatic carbocycles. The summed E-state index contributed by atoms with van der Waals surface area (Å²) in [6.45, 7) is 2.46. The maximum Gasteiger partial charge on any atom is 0.231 e. The average molecular weight is 407 g/mol. The first-order chi connectivity index (χ1) is 13.1. The number of nitrogens with one attached hydrogen (secondary N) is 1. The van der Waals surface area contributed by atoms with Crippen LogP contribution in [0.25, 0.3) is 0 Å². The van der Waals surface area contributed by atoms with E-state index in [0.29, 0.717) is 23.1 Å². The van der Waals surface area contributed by atoms with Crippen LogP contribution in [-0.4, -0.2) is 41.4 Å². The van der Waals surface area contributed by atoms with E-state index in [9.17, 15) is 9.59 Å². The fourth-order valence-electron chi connectivity index (χ4n) is 2.80. The van der Waals surface area contributed by atoms with Gasteiger partial charge in [-0.05, 0) is 18.6 Å². The van der Waals surface area contributed by atoms with Crippen molar-refractivity contribution in [1.29, 1.82) is 0 Å². The van der Waals surface area contributed by atoms with Crippen molar-refractivity contribution in [2.45, 2.75) is 30.5 Å². The van der Waals surface area contributed by atoms with Gasteiger partial charge in [-0.2, -0.15) is 0 Å². The number of para-hydroxylation sites is 2. The van der Waals surface area contributed by atoms with Gasteiger partial charge in [0.25, 0.3) is 0 Å². The van der Waals surface area contributed by atoms with Crippen LogP contribution in [-0.2, 0) is 9.59 Å². The van der Waals surface area contributed by atoms with E-state index in [1.165, 1.54) is 11.3 Å². The van der Waals surface area contributed by atoms with Gasteiger partial charge in [0.2, 0.25) is 16.9 Å².